The summed E-state index contributed by atoms with van der Waals surface area (Å²) in [5.74, 6) is 0. The number of H-pyrrole nitrogens is 1. The van der Waals surface area contributed by atoms with Crippen molar-refractivity contribution < 1.29 is 18.3 Å². The summed E-state index contributed by atoms with van der Waals surface area (Å²) in [6.45, 7) is 0. The first-order chi connectivity index (χ1) is 6.98. The fraction of sp³-hybridized carbons (Fsp3) is 0.222. The van der Waals surface area contributed by atoms with Crippen molar-refractivity contribution in [1.29, 1.82) is 0 Å². The van der Waals surface area contributed by atoms with Crippen molar-refractivity contribution >= 4 is 11.0 Å². The molecule has 0 aliphatic rings. The van der Waals surface area contributed by atoms with Gasteiger partial charge in [-0.3, -0.25) is 0 Å². The van der Waals surface area contributed by atoms with Gasteiger partial charge in [0.1, 0.15) is 0 Å². The summed E-state index contributed by atoms with van der Waals surface area (Å²) in [7, 11) is 0. The van der Waals surface area contributed by atoms with Gasteiger partial charge >= 0.3 is 6.18 Å². The summed E-state index contributed by atoms with van der Waals surface area (Å²) in [5, 5.41) is 8.99. The minimum atomic E-state index is -4.65. The quantitative estimate of drug-likeness (QED) is 0.767. The van der Waals surface area contributed by atoms with Crippen molar-refractivity contribution in [2.24, 2.45) is 0 Å². The normalized spacial score (nSPS) is 14.4. The van der Waals surface area contributed by atoms with Crippen molar-refractivity contribution in [2.75, 3.05) is 0 Å². The zero-order chi connectivity index (χ0) is 11.1. The van der Waals surface area contributed by atoms with Crippen molar-refractivity contribution in [2.45, 2.75) is 12.3 Å². The number of hydrogen-bond acceptors (Lipinski definition) is 2. The van der Waals surface area contributed by atoms with Gasteiger partial charge in [-0.1, -0.05) is 6.07 Å². The monoisotopic (exact) mass is 216 g/mol. The van der Waals surface area contributed by atoms with E-state index in [1.54, 1.807) is 0 Å². The molecule has 0 aliphatic carbocycles. The number of alkyl halides is 3. The molecule has 3 nitrogen and oxygen atoms in total. The molecule has 2 N–H and O–H groups in total. The van der Waals surface area contributed by atoms with E-state index in [4.69, 9.17) is 5.11 Å². The van der Waals surface area contributed by atoms with Crippen LogP contribution >= 0.6 is 0 Å². The van der Waals surface area contributed by atoms with Crippen molar-refractivity contribution in [3.63, 3.8) is 0 Å². The van der Waals surface area contributed by atoms with E-state index in [0.717, 1.165) is 0 Å². The Balaban J connectivity index is 2.44. The van der Waals surface area contributed by atoms with Crippen LogP contribution in [0.5, 0.6) is 0 Å². The maximum Gasteiger partial charge on any atom is 0.418 e. The number of aliphatic hydroxyl groups is 1. The molecule has 0 saturated heterocycles. The lowest BCUT2D eigenvalue weighted by atomic mass is 10.1. The highest BCUT2D eigenvalue weighted by Gasteiger charge is 2.39. The lowest BCUT2D eigenvalue weighted by molar-refractivity contribution is -0.206. The highest BCUT2D eigenvalue weighted by atomic mass is 19.4. The van der Waals surface area contributed by atoms with E-state index in [-0.39, 0.29) is 5.56 Å². The third-order valence-electron chi connectivity index (χ3n) is 2.07. The average molecular weight is 216 g/mol. The molecule has 1 atom stereocenters. The number of imidazole rings is 1. The second-order valence-electron chi connectivity index (χ2n) is 3.12. The Bertz CT molecular complexity index is 477. The summed E-state index contributed by atoms with van der Waals surface area (Å²) in [6.07, 6.45) is -5.72. The van der Waals surface area contributed by atoms with Gasteiger partial charge < -0.3 is 10.1 Å². The molecule has 0 fully saturated rings. The Labute approximate surface area is 82.6 Å². The van der Waals surface area contributed by atoms with Gasteiger partial charge in [-0.25, -0.2) is 4.98 Å². The smallest absolute Gasteiger partial charge is 0.379 e. The number of nitrogens with zero attached hydrogens (tertiary/aromatic N) is 1. The first kappa shape index (κ1) is 9.97. The van der Waals surface area contributed by atoms with Crippen LogP contribution in [0.4, 0.5) is 13.2 Å². The molecule has 2 aromatic rings. The van der Waals surface area contributed by atoms with Gasteiger partial charge in [0, 0.05) is 0 Å². The zero-order valence-corrected chi connectivity index (χ0v) is 7.42. The van der Waals surface area contributed by atoms with Gasteiger partial charge in [-0.15, -0.1) is 0 Å². The molecule has 6 heteroatoms. The van der Waals surface area contributed by atoms with E-state index < -0.39 is 12.3 Å². The summed E-state index contributed by atoms with van der Waals surface area (Å²) >= 11 is 0. The molecule has 15 heavy (non-hydrogen) atoms. The maximum absolute atomic E-state index is 12.2. The third-order valence-corrected chi connectivity index (χ3v) is 2.07. The first-order valence-corrected chi connectivity index (χ1v) is 4.16. The second-order valence-corrected chi connectivity index (χ2v) is 3.12. The number of aromatic nitrogens is 2. The fourth-order valence-electron chi connectivity index (χ4n) is 1.31. The summed E-state index contributed by atoms with van der Waals surface area (Å²) in [4.78, 5) is 6.54. The van der Waals surface area contributed by atoms with Crippen LogP contribution in [0.25, 0.3) is 11.0 Å². The molecule has 80 valence electrons. The van der Waals surface area contributed by atoms with E-state index >= 15 is 0 Å². The zero-order valence-electron chi connectivity index (χ0n) is 7.42. The Hall–Kier alpha value is -1.56. The van der Waals surface area contributed by atoms with E-state index in [0.29, 0.717) is 11.0 Å². The van der Waals surface area contributed by atoms with E-state index in [2.05, 4.69) is 9.97 Å². The van der Waals surface area contributed by atoms with Crippen LogP contribution in [0, 0.1) is 0 Å². The van der Waals surface area contributed by atoms with Crippen LogP contribution in [0.3, 0.4) is 0 Å². The van der Waals surface area contributed by atoms with Gasteiger partial charge in [0.05, 0.1) is 17.4 Å². The topological polar surface area (TPSA) is 48.9 Å². The van der Waals surface area contributed by atoms with E-state index in [9.17, 15) is 13.2 Å². The number of rotatable bonds is 1. The number of aliphatic hydroxyl groups excluding tert-OH is 1. The lowest BCUT2D eigenvalue weighted by Crippen LogP contribution is -2.20. The van der Waals surface area contributed by atoms with Crippen LogP contribution in [0.15, 0.2) is 24.5 Å². The third kappa shape index (κ3) is 1.80. The van der Waals surface area contributed by atoms with Crippen LogP contribution in [0.1, 0.15) is 11.7 Å². The number of benzene rings is 1. The molecule has 2 rings (SSSR count). The second kappa shape index (κ2) is 3.23. The first-order valence-electron chi connectivity index (χ1n) is 4.16. The Morgan fingerprint density at radius 3 is 2.73 bits per heavy atom. The highest BCUT2D eigenvalue weighted by molar-refractivity contribution is 5.75. The molecule has 0 unspecified atom stereocenters. The fourth-order valence-corrected chi connectivity index (χ4v) is 1.31. The van der Waals surface area contributed by atoms with Gasteiger partial charge in [0.2, 0.25) is 0 Å². The minimum Gasteiger partial charge on any atom is -0.379 e. The number of hydrogen-bond donors (Lipinski definition) is 2. The highest BCUT2D eigenvalue weighted by Crippen LogP contribution is 2.33. The number of fused-ring (bicyclic) bond motifs is 1. The van der Waals surface area contributed by atoms with Gasteiger partial charge in [0.25, 0.3) is 0 Å². The maximum atomic E-state index is 12.2. The molecule has 1 heterocycles. The molecule has 0 amide bonds. The van der Waals surface area contributed by atoms with Gasteiger partial charge in [0.15, 0.2) is 6.10 Å². The van der Waals surface area contributed by atoms with Crippen molar-refractivity contribution in [3.8, 4) is 0 Å². The Morgan fingerprint density at radius 1 is 1.33 bits per heavy atom. The van der Waals surface area contributed by atoms with E-state index in [1.807, 2.05) is 0 Å². The molecule has 0 spiro atoms. The summed E-state index contributed by atoms with van der Waals surface area (Å²) < 4.78 is 36.6. The molecule has 0 aliphatic heterocycles. The number of aromatic amines is 1. The minimum absolute atomic E-state index is 0.195. The number of nitrogens with one attached hydrogen (secondary N) is 1. The van der Waals surface area contributed by atoms with Crippen LogP contribution in [-0.4, -0.2) is 21.3 Å². The molecular formula is C9H7F3N2O. The standard InChI is InChI=1S/C9H7F3N2O/c10-9(11,12)8(15)5-1-2-6-7(3-5)14-4-13-6/h1-4,8,15H,(H,13,14)/t8-/m0/s1. The van der Waals surface area contributed by atoms with Gasteiger partial charge in [-0.2, -0.15) is 13.2 Å². The SMILES string of the molecule is O[C@@H](c1ccc2nc[nH]c2c1)C(F)(F)F. The van der Waals surface area contributed by atoms with Crippen LogP contribution < -0.4 is 0 Å². The molecule has 1 aromatic heterocycles. The van der Waals surface area contributed by atoms with Crippen molar-refractivity contribution in [3.05, 3.63) is 30.1 Å². The number of halogens is 3. The predicted molar refractivity (Wildman–Crippen MR) is 47.1 cm³/mol. The summed E-state index contributed by atoms with van der Waals surface area (Å²) in [5.41, 5.74) is 0.836. The molecular weight excluding hydrogens is 209 g/mol. The van der Waals surface area contributed by atoms with Gasteiger partial charge in [-0.05, 0) is 17.7 Å². The Kier molecular flexibility index (Phi) is 2.15. The largest absolute Gasteiger partial charge is 0.418 e. The molecule has 1 aromatic carbocycles. The molecule has 0 bridgehead atoms. The van der Waals surface area contributed by atoms with Crippen LogP contribution in [0.2, 0.25) is 0 Å². The Morgan fingerprint density at radius 2 is 2.07 bits per heavy atom. The molecule has 0 saturated carbocycles. The predicted octanol–water partition coefficient (Wildman–Crippen LogP) is 2.16. The van der Waals surface area contributed by atoms with Crippen LogP contribution in [-0.2, 0) is 0 Å². The lowest BCUT2D eigenvalue weighted by Gasteiger charge is -2.14. The molecule has 0 radical (unpaired) electrons. The summed E-state index contributed by atoms with van der Waals surface area (Å²) in [6, 6.07) is 3.87. The van der Waals surface area contributed by atoms with Crippen molar-refractivity contribution in [1.82, 2.24) is 9.97 Å². The average Bonchev–Trinajstić information content (AvgIpc) is 2.61. The van der Waals surface area contributed by atoms with E-state index in [1.165, 1.54) is 24.5 Å².